The molecule has 5 heteroatoms. The molecular weight excluding hydrogens is 482 g/mol. The fourth-order valence-corrected chi connectivity index (χ4v) is 9.50. The van der Waals surface area contributed by atoms with E-state index in [0.29, 0.717) is 35.7 Å². The second-order valence-corrected chi connectivity index (χ2v) is 13.5. The van der Waals surface area contributed by atoms with Gasteiger partial charge in [0.05, 0.1) is 0 Å². The number of fused-ring (bicyclic) bond motifs is 5. The highest BCUT2D eigenvalue weighted by Gasteiger charge is 2.59. The van der Waals surface area contributed by atoms with E-state index >= 15 is 0 Å². The van der Waals surface area contributed by atoms with E-state index in [1.165, 1.54) is 11.1 Å². The van der Waals surface area contributed by atoms with E-state index in [4.69, 9.17) is 11.6 Å². The van der Waals surface area contributed by atoms with Crippen LogP contribution in [-0.2, 0) is 9.59 Å². The van der Waals surface area contributed by atoms with E-state index in [9.17, 15) is 14.7 Å². The van der Waals surface area contributed by atoms with Crippen molar-refractivity contribution >= 4 is 23.5 Å². The van der Waals surface area contributed by atoms with Crippen molar-refractivity contribution in [2.45, 2.75) is 90.0 Å². The number of carboxylic acid groups (broad SMARTS) is 1. The van der Waals surface area contributed by atoms with E-state index in [-0.39, 0.29) is 28.7 Å². The maximum absolute atomic E-state index is 13.7. The van der Waals surface area contributed by atoms with Gasteiger partial charge in [-0.1, -0.05) is 43.7 Å². The number of halogens is 1. The molecule has 3 saturated carbocycles. The molecule has 0 radical (unpaired) electrons. The highest BCUT2D eigenvalue weighted by Crippen LogP contribution is 2.66. The molecule has 5 aliphatic carbocycles. The SMILES string of the molecule is C[C@]12CC[C@H]3[C@@H](CC=C4C=C(C(=O)O)CC[C@@]43C)[C@@H]1CC[C@@H]2C(=O)NC1CCC(c2ccc(Cl)cc2)C1. The smallest absolute Gasteiger partial charge is 0.331 e. The molecule has 0 heterocycles. The third-order valence-corrected chi connectivity index (χ3v) is 11.7. The van der Waals surface area contributed by atoms with E-state index < -0.39 is 5.97 Å². The molecule has 4 nitrogen and oxygen atoms in total. The summed E-state index contributed by atoms with van der Waals surface area (Å²) in [6.07, 6.45) is 14.5. The molecule has 1 aromatic rings. The van der Waals surface area contributed by atoms with Gasteiger partial charge in [0.2, 0.25) is 5.91 Å². The van der Waals surface area contributed by atoms with Gasteiger partial charge in [0, 0.05) is 22.6 Å². The molecule has 8 atom stereocenters. The first-order valence-corrected chi connectivity index (χ1v) is 14.8. The van der Waals surface area contributed by atoms with Gasteiger partial charge in [-0.2, -0.15) is 0 Å². The number of allylic oxidation sites excluding steroid dienone is 3. The normalized spacial score (nSPS) is 40.6. The van der Waals surface area contributed by atoms with Crippen LogP contribution >= 0.6 is 11.6 Å². The van der Waals surface area contributed by atoms with Crippen molar-refractivity contribution in [3.8, 4) is 0 Å². The van der Waals surface area contributed by atoms with Crippen LogP contribution in [0.3, 0.4) is 0 Å². The van der Waals surface area contributed by atoms with Gasteiger partial charge in [-0.25, -0.2) is 4.79 Å². The average molecular weight is 522 g/mol. The van der Waals surface area contributed by atoms with Crippen molar-refractivity contribution < 1.29 is 14.7 Å². The maximum Gasteiger partial charge on any atom is 0.331 e. The molecule has 0 spiro atoms. The molecule has 6 rings (SSSR count). The minimum absolute atomic E-state index is 0.0673. The van der Waals surface area contributed by atoms with Crippen molar-refractivity contribution in [3.63, 3.8) is 0 Å². The molecule has 3 fully saturated rings. The van der Waals surface area contributed by atoms with Crippen LogP contribution in [0, 0.1) is 34.5 Å². The van der Waals surface area contributed by atoms with Crippen molar-refractivity contribution in [2.75, 3.05) is 0 Å². The molecule has 0 aliphatic heterocycles. The second-order valence-electron chi connectivity index (χ2n) is 13.1. The van der Waals surface area contributed by atoms with Gasteiger partial charge >= 0.3 is 5.97 Å². The fraction of sp³-hybridized carbons (Fsp3) is 0.625. The van der Waals surface area contributed by atoms with Crippen molar-refractivity contribution in [1.29, 1.82) is 0 Å². The molecule has 0 aromatic heterocycles. The quantitative estimate of drug-likeness (QED) is 0.437. The summed E-state index contributed by atoms with van der Waals surface area (Å²) in [5, 5.41) is 13.8. The zero-order valence-corrected chi connectivity index (χ0v) is 22.9. The van der Waals surface area contributed by atoms with Gasteiger partial charge in [0.1, 0.15) is 0 Å². The van der Waals surface area contributed by atoms with Crippen LogP contribution in [-0.4, -0.2) is 23.0 Å². The Kier molecular flexibility index (Phi) is 6.33. The Labute approximate surface area is 225 Å². The molecular formula is C32H40ClNO3. The summed E-state index contributed by atoms with van der Waals surface area (Å²) in [6, 6.07) is 8.47. The number of carboxylic acids is 1. The minimum Gasteiger partial charge on any atom is -0.478 e. The van der Waals surface area contributed by atoms with Gasteiger partial charge in [-0.3, -0.25) is 4.79 Å². The summed E-state index contributed by atoms with van der Waals surface area (Å²) >= 11 is 6.07. The number of benzene rings is 1. The van der Waals surface area contributed by atoms with E-state index in [1.54, 1.807) is 0 Å². The maximum atomic E-state index is 13.7. The molecule has 37 heavy (non-hydrogen) atoms. The highest BCUT2D eigenvalue weighted by molar-refractivity contribution is 6.30. The number of nitrogens with one attached hydrogen (secondary N) is 1. The third-order valence-electron chi connectivity index (χ3n) is 11.5. The van der Waals surface area contributed by atoms with Crippen LogP contribution < -0.4 is 5.32 Å². The van der Waals surface area contributed by atoms with Crippen LogP contribution in [0.4, 0.5) is 0 Å². The summed E-state index contributed by atoms with van der Waals surface area (Å²) in [5.41, 5.74) is 3.29. The summed E-state index contributed by atoms with van der Waals surface area (Å²) in [6.45, 7) is 4.78. The summed E-state index contributed by atoms with van der Waals surface area (Å²) in [4.78, 5) is 25.3. The number of hydrogen-bond donors (Lipinski definition) is 2. The lowest BCUT2D eigenvalue weighted by atomic mass is 9.48. The Hall–Kier alpha value is -2.07. The average Bonchev–Trinajstić information content (AvgIpc) is 3.47. The third kappa shape index (κ3) is 4.18. The molecule has 0 bridgehead atoms. The number of hydrogen-bond acceptors (Lipinski definition) is 2. The number of amides is 1. The second kappa shape index (κ2) is 9.29. The zero-order valence-electron chi connectivity index (χ0n) is 22.1. The molecule has 0 saturated heterocycles. The van der Waals surface area contributed by atoms with Crippen LogP contribution in [0.25, 0.3) is 0 Å². The molecule has 2 N–H and O–H groups in total. The topological polar surface area (TPSA) is 66.4 Å². The van der Waals surface area contributed by atoms with Crippen molar-refractivity contribution in [1.82, 2.24) is 5.32 Å². The predicted molar refractivity (Wildman–Crippen MR) is 146 cm³/mol. The Morgan fingerprint density at radius 2 is 1.78 bits per heavy atom. The monoisotopic (exact) mass is 521 g/mol. The summed E-state index contributed by atoms with van der Waals surface area (Å²) in [7, 11) is 0. The van der Waals surface area contributed by atoms with Crippen LogP contribution in [0.2, 0.25) is 5.02 Å². The van der Waals surface area contributed by atoms with Gasteiger partial charge in [-0.15, -0.1) is 0 Å². The lowest BCUT2D eigenvalue weighted by Crippen LogP contribution is -2.51. The lowest BCUT2D eigenvalue weighted by molar-refractivity contribution is -0.133. The predicted octanol–water partition coefficient (Wildman–Crippen LogP) is 7.29. The molecule has 1 aromatic carbocycles. The van der Waals surface area contributed by atoms with Gasteiger partial charge in [-0.05, 0) is 128 Å². The Morgan fingerprint density at radius 3 is 2.54 bits per heavy atom. The van der Waals surface area contributed by atoms with Gasteiger partial charge < -0.3 is 10.4 Å². The van der Waals surface area contributed by atoms with Gasteiger partial charge in [0.25, 0.3) is 0 Å². The molecule has 1 amide bonds. The minimum atomic E-state index is -0.771. The molecule has 2 unspecified atom stereocenters. The lowest BCUT2D eigenvalue weighted by Gasteiger charge is -2.57. The number of carbonyl (C=O) groups is 2. The number of aliphatic carboxylic acids is 1. The van der Waals surface area contributed by atoms with E-state index in [1.807, 2.05) is 18.2 Å². The van der Waals surface area contributed by atoms with E-state index in [2.05, 4.69) is 37.4 Å². The first-order valence-electron chi connectivity index (χ1n) is 14.4. The van der Waals surface area contributed by atoms with Crippen LogP contribution in [0.1, 0.15) is 89.5 Å². The van der Waals surface area contributed by atoms with Gasteiger partial charge in [0.15, 0.2) is 0 Å². The van der Waals surface area contributed by atoms with Crippen LogP contribution in [0.15, 0.2) is 47.6 Å². The summed E-state index contributed by atoms with van der Waals surface area (Å²) < 4.78 is 0. The Balaban J connectivity index is 1.14. The van der Waals surface area contributed by atoms with Crippen molar-refractivity contribution in [3.05, 3.63) is 58.1 Å². The largest absolute Gasteiger partial charge is 0.478 e. The standard InChI is InChI=1S/C32H40ClNO3/c1-31-15-13-21(30(36)37)17-22(31)6-10-25-26-11-12-28(32(26,2)16-14-27(25)31)29(35)34-24-9-5-20(18-24)19-3-7-23(33)8-4-19/h3-4,6-8,17,20,24-28H,5,9-16,18H2,1-2H3,(H,34,35)(H,36,37)/t20?,24?,25-,26-,27-,28+,31-,32-/m0/s1. The van der Waals surface area contributed by atoms with Crippen LogP contribution in [0.5, 0.6) is 0 Å². The van der Waals surface area contributed by atoms with Crippen molar-refractivity contribution in [2.24, 2.45) is 34.5 Å². The first kappa shape index (κ1) is 25.2. The molecule has 5 aliphatic rings. The highest BCUT2D eigenvalue weighted by atomic mass is 35.5. The molecule has 198 valence electrons. The number of carbonyl (C=O) groups excluding carboxylic acids is 1. The first-order chi connectivity index (χ1) is 17.7. The fourth-order valence-electron chi connectivity index (χ4n) is 9.38. The van der Waals surface area contributed by atoms with E-state index in [0.717, 1.165) is 62.8 Å². The Bertz CT molecular complexity index is 1160. The zero-order chi connectivity index (χ0) is 25.9. The summed E-state index contributed by atoms with van der Waals surface area (Å²) in [5.74, 6) is 1.89. The Morgan fingerprint density at radius 1 is 1.00 bits per heavy atom. The number of rotatable bonds is 4.